The number of amides is 2. The summed E-state index contributed by atoms with van der Waals surface area (Å²) >= 11 is 0. The molecule has 0 saturated carbocycles. The first-order valence-corrected chi connectivity index (χ1v) is 11.2. The lowest BCUT2D eigenvalue weighted by atomic mass is 10.0. The van der Waals surface area contributed by atoms with Gasteiger partial charge < -0.3 is 10.2 Å². The zero-order valence-corrected chi connectivity index (χ0v) is 18.6. The van der Waals surface area contributed by atoms with E-state index >= 15 is 0 Å². The highest BCUT2D eigenvalue weighted by Crippen LogP contribution is 2.17. The zero-order valence-electron chi connectivity index (χ0n) is 17.8. The van der Waals surface area contributed by atoms with Crippen molar-refractivity contribution in [1.82, 2.24) is 9.62 Å². The first-order chi connectivity index (χ1) is 14.1. The molecule has 2 N–H and O–H groups in total. The van der Waals surface area contributed by atoms with Gasteiger partial charge in [0.2, 0.25) is 21.8 Å². The van der Waals surface area contributed by atoms with Crippen LogP contribution in [-0.2, 0) is 26.2 Å². The molecular weight excluding hydrogens is 402 g/mol. The maximum atomic E-state index is 12.8. The van der Waals surface area contributed by atoms with E-state index in [9.17, 15) is 18.0 Å². The number of sulfonamides is 1. The van der Waals surface area contributed by atoms with Crippen molar-refractivity contribution >= 4 is 27.5 Å². The standard InChI is InChI=1S/C22H29N3O4S/c1-16(2)21(14-22(27)25(4)15-18-8-6-5-7-9-18)24-30(28,29)20-12-10-19(11-13-20)23-17(3)26/h5-13,16,21,24H,14-15H2,1-4H3,(H,23,26)/t21-/m0/s1. The summed E-state index contributed by atoms with van der Waals surface area (Å²) in [5.41, 5.74) is 1.52. The van der Waals surface area contributed by atoms with Crippen LogP contribution in [-0.4, -0.2) is 38.2 Å². The lowest BCUT2D eigenvalue weighted by Gasteiger charge is -2.25. The molecule has 0 saturated heterocycles. The third kappa shape index (κ3) is 6.96. The van der Waals surface area contributed by atoms with Crippen molar-refractivity contribution in [3.05, 3.63) is 60.2 Å². The molecule has 2 aromatic carbocycles. The number of carbonyl (C=O) groups is 2. The van der Waals surface area contributed by atoms with E-state index in [4.69, 9.17) is 0 Å². The SMILES string of the molecule is CC(=O)Nc1ccc(S(=O)(=O)N[C@@H](CC(=O)N(C)Cc2ccccc2)C(C)C)cc1. The van der Waals surface area contributed by atoms with Gasteiger partial charge in [0.25, 0.3) is 0 Å². The number of nitrogens with one attached hydrogen (secondary N) is 2. The molecule has 0 aliphatic carbocycles. The van der Waals surface area contributed by atoms with E-state index in [1.165, 1.54) is 31.2 Å². The Bertz CT molecular complexity index is 958. The van der Waals surface area contributed by atoms with Crippen LogP contribution in [0.2, 0.25) is 0 Å². The summed E-state index contributed by atoms with van der Waals surface area (Å²) in [4.78, 5) is 25.5. The molecule has 0 aromatic heterocycles. The molecule has 1 atom stereocenters. The molecule has 0 fully saturated rings. The van der Waals surface area contributed by atoms with Crippen molar-refractivity contribution in [2.45, 2.75) is 44.7 Å². The highest BCUT2D eigenvalue weighted by atomic mass is 32.2. The van der Waals surface area contributed by atoms with Gasteiger partial charge in [-0.15, -0.1) is 0 Å². The van der Waals surface area contributed by atoms with Gasteiger partial charge in [-0.25, -0.2) is 13.1 Å². The third-order valence-electron chi connectivity index (χ3n) is 4.68. The lowest BCUT2D eigenvalue weighted by molar-refractivity contribution is -0.131. The first-order valence-electron chi connectivity index (χ1n) is 9.76. The predicted octanol–water partition coefficient (Wildman–Crippen LogP) is 3.00. The van der Waals surface area contributed by atoms with Crippen LogP contribution in [0.3, 0.4) is 0 Å². The van der Waals surface area contributed by atoms with Crippen LogP contribution in [0.4, 0.5) is 5.69 Å². The molecule has 0 unspecified atom stereocenters. The van der Waals surface area contributed by atoms with Crippen LogP contribution in [0.5, 0.6) is 0 Å². The minimum absolute atomic E-state index is 0.0597. The van der Waals surface area contributed by atoms with Crippen molar-refractivity contribution in [3.63, 3.8) is 0 Å². The molecule has 30 heavy (non-hydrogen) atoms. The molecule has 162 valence electrons. The number of rotatable bonds is 9. The third-order valence-corrected chi connectivity index (χ3v) is 6.18. The number of benzene rings is 2. The lowest BCUT2D eigenvalue weighted by Crippen LogP contribution is -2.42. The van der Waals surface area contributed by atoms with Crippen molar-refractivity contribution in [2.24, 2.45) is 5.92 Å². The Labute approximate surface area is 178 Å². The highest BCUT2D eigenvalue weighted by molar-refractivity contribution is 7.89. The van der Waals surface area contributed by atoms with Crippen molar-refractivity contribution < 1.29 is 18.0 Å². The molecule has 0 heterocycles. The second kappa shape index (κ2) is 10.4. The molecule has 8 heteroatoms. The van der Waals surface area contributed by atoms with Crippen molar-refractivity contribution in [2.75, 3.05) is 12.4 Å². The Morgan fingerprint density at radius 2 is 1.60 bits per heavy atom. The van der Waals surface area contributed by atoms with Gasteiger partial charge in [-0.05, 0) is 35.7 Å². The van der Waals surface area contributed by atoms with Crippen LogP contribution in [0.1, 0.15) is 32.8 Å². The number of hydrogen-bond acceptors (Lipinski definition) is 4. The molecule has 2 aromatic rings. The number of hydrogen-bond donors (Lipinski definition) is 2. The molecule has 0 aliphatic heterocycles. The molecule has 0 spiro atoms. The molecule has 2 amide bonds. The monoisotopic (exact) mass is 431 g/mol. The number of carbonyl (C=O) groups excluding carboxylic acids is 2. The van der Waals surface area contributed by atoms with Crippen LogP contribution < -0.4 is 10.0 Å². The summed E-state index contributed by atoms with van der Waals surface area (Å²) in [6, 6.07) is 15.0. The smallest absolute Gasteiger partial charge is 0.240 e. The minimum Gasteiger partial charge on any atom is -0.341 e. The quantitative estimate of drug-likeness (QED) is 0.638. The van der Waals surface area contributed by atoms with E-state index in [2.05, 4.69) is 10.0 Å². The summed E-state index contributed by atoms with van der Waals surface area (Å²) in [5, 5.41) is 2.60. The summed E-state index contributed by atoms with van der Waals surface area (Å²) in [7, 11) is -2.10. The topological polar surface area (TPSA) is 95.6 Å². The summed E-state index contributed by atoms with van der Waals surface area (Å²) < 4.78 is 28.3. The van der Waals surface area contributed by atoms with Gasteiger partial charge in [0.15, 0.2) is 0 Å². The van der Waals surface area contributed by atoms with Crippen molar-refractivity contribution in [3.8, 4) is 0 Å². The average molecular weight is 432 g/mol. The Morgan fingerprint density at radius 1 is 1.00 bits per heavy atom. The summed E-state index contributed by atoms with van der Waals surface area (Å²) in [6.07, 6.45) is 0.0597. The number of nitrogens with zero attached hydrogens (tertiary/aromatic N) is 1. The van der Waals surface area contributed by atoms with Gasteiger partial charge in [-0.3, -0.25) is 9.59 Å². The Balaban J connectivity index is 2.06. The van der Waals surface area contributed by atoms with Gasteiger partial charge >= 0.3 is 0 Å². The summed E-state index contributed by atoms with van der Waals surface area (Å²) in [5.74, 6) is -0.449. The molecule has 7 nitrogen and oxygen atoms in total. The van der Waals surface area contributed by atoms with E-state index in [0.717, 1.165) is 5.56 Å². The van der Waals surface area contributed by atoms with Gasteiger partial charge in [0.05, 0.1) is 4.90 Å². The minimum atomic E-state index is -3.81. The Hall–Kier alpha value is -2.71. The average Bonchev–Trinajstić information content (AvgIpc) is 2.68. The normalized spacial score (nSPS) is 12.4. The highest BCUT2D eigenvalue weighted by Gasteiger charge is 2.26. The molecule has 0 bridgehead atoms. The maximum Gasteiger partial charge on any atom is 0.240 e. The second-order valence-electron chi connectivity index (χ2n) is 7.62. The van der Waals surface area contributed by atoms with Crippen molar-refractivity contribution in [1.29, 1.82) is 0 Å². The van der Waals surface area contributed by atoms with Gasteiger partial charge in [-0.2, -0.15) is 0 Å². The number of anilines is 1. The van der Waals surface area contributed by atoms with Crippen LogP contribution >= 0.6 is 0 Å². The molecule has 2 rings (SSSR count). The molecule has 0 aliphatic rings. The maximum absolute atomic E-state index is 12.8. The van der Waals surface area contributed by atoms with E-state index in [1.807, 2.05) is 44.2 Å². The van der Waals surface area contributed by atoms with E-state index in [-0.39, 0.29) is 29.0 Å². The van der Waals surface area contributed by atoms with Crippen LogP contribution in [0, 0.1) is 5.92 Å². The molecular formula is C22H29N3O4S. The Kier molecular flexibility index (Phi) is 8.14. The predicted molar refractivity (Wildman–Crippen MR) is 117 cm³/mol. The zero-order chi connectivity index (χ0) is 22.3. The Morgan fingerprint density at radius 3 is 2.13 bits per heavy atom. The van der Waals surface area contributed by atoms with Gasteiger partial charge in [0, 0.05) is 38.7 Å². The largest absolute Gasteiger partial charge is 0.341 e. The summed E-state index contributed by atoms with van der Waals surface area (Å²) in [6.45, 7) is 5.59. The van der Waals surface area contributed by atoms with Crippen LogP contribution in [0.15, 0.2) is 59.5 Å². The second-order valence-corrected chi connectivity index (χ2v) is 9.33. The van der Waals surface area contributed by atoms with Crippen LogP contribution in [0.25, 0.3) is 0 Å². The molecule has 0 radical (unpaired) electrons. The fourth-order valence-electron chi connectivity index (χ4n) is 2.89. The van der Waals surface area contributed by atoms with E-state index in [0.29, 0.717) is 12.2 Å². The van der Waals surface area contributed by atoms with E-state index in [1.54, 1.807) is 11.9 Å². The fourth-order valence-corrected chi connectivity index (χ4v) is 4.28. The van der Waals surface area contributed by atoms with Gasteiger partial charge in [0.1, 0.15) is 0 Å². The fraction of sp³-hybridized carbons (Fsp3) is 0.364. The van der Waals surface area contributed by atoms with E-state index < -0.39 is 16.1 Å². The van der Waals surface area contributed by atoms with Gasteiger partial charge in [-0.1, -0.05) is 44.2 Å². The first kappa shape index (κ1) is 23.6.